The minimum atomic E-state index is -0.0887. The van der Waals surface area contributed by atoms with E-state index in [-0.39, 0.29) is 5.41 Å². The lowest BCUT2D eigenvalue weighted by atomic mass is 9.82. The summed E-state index contributed by atoms with van der Waals surface area (Å²) in [7, 11) is 0. The van der Waals surface area contributed by atoms with Crippen LogP contribution in [0.15, 0.2) is 206 Å². The fraction of sp³-hybridized carbons (Fsp3) is 0.0508. The summed E-state index contributed by atoms with van der Waals surface area (Å²) in [5.41, 5.74) is 17.2. The summed E-state index contributed by atoms with van der Waals surface area (Å²) in [5, 5.41) is 7.66. The lowest BCUT2D eigenvalue weighted by molar-refractivity contribution is 0.660. The first-order valence-electron chi connectivity index (χ1n) is 21.3. The van der Waals surface area contributed by atoms with Gasteiger partial charge < -0.3 is 9.47 Å². The second-order valence-electron chi connectivity index (χ2n) is 16.9. The summed E-state index contributed by atoms with van der Waals surface area (Å²) in [4.78, 5) is 2.42. The van der Waals surface area contributed by atoms with E-state index in [9.17, 15) is 0 Å². The molecule has 0 radical (unpaired) electrons. The Bertz CT molecular complexity index is 3470. The molecule has 2 nitrogen and oxygen atoms in total. The van der Waals surface area contributed by atoms with Crippen LogP contribution in [0.3, 0.4) is 0 Å². The third kappa shape index (κ3) is 5.56. The Labute approximate surface area is 356 Å². The normalized spacial score (nSPS) is 13.1. The van der Waals surface area contributed by atoms with Gasteiger partial charge in [-0.3, -0.25) is 0 Å². The van der Waals surface area contributed by atoms with Gasteiger partial charge in [-0.25, -0.2) is 0 Å². The average Bonchev–Trinajstić information content (AvgIpc) is 3.77. The first-order chi connectivity index (χ1) is 30.0. The monoisotopic (exact) mass is 778 g/mol. The van der Waals surface area contributed by atoms with Gasteiger partial charge in [0.15, 0.2) is 0 Å². The smallest absolute Gasteiger partial charge is 0.0547 e. The van der Waals surface area contributed by atoms with Crippen molar-refractivity contribution in [3.63, 3.8) is 0 Å². The molecule has 0 amide bonds. The zero-order valence-corrected chi connectivity index (χ0v) is 34.2. The van der Waals surface area contributed by atoms with E-state index >= 15 is 0 Å². The molecule has 288 valence electrons. The number of hydrogen-bond acceptors (Lipinski definition) is 1. The second-order valence-corrected chi connectivity index (χ2v) is 16.9. The van der Waals surface area contributed by atoms with Crippen LogP contribution in [0.4, 0.5) is 17.1 Å². The van der Waals surface area contributed by atoms with Crippen LogP contribution in [-0.4, -0.2) is 4.57 Å². The van der Waals surface area contributed by atoms with Crippen molar-refractivity contribution < 1.29 is 0 Å². The fourth-order valence-corrected chi connectivity index (χ4v) is 10.2. The van der Waals surface area contributed by atoms with Gasteiger partial charge in [0.1, 0.15) is 0 Å². The Balaban J connectivity index is 0.868. The number of nitrogens with zero attached hydrogens (tertiary/aromatic N) is 2. The van der Waals surface area contributed by atoms with Crippen LogP contribution < -0.4 is 4.90 Å². The Kier molecular flexibility index (Phi) is 7.92. The summed E-state index contributed by atoms with van der Waals surface area (Å²) in [6.07, 6.45) is 4.43. The Hall–Kier alpha value is -7.68. The molecule has 2 heteroatoms. The maximum Gasteiger partial charge on any atom is 0.0547 e. The molecule has 0 bridgehead atoms. The lowest BCUT2D eigenvalue weighted by Crippen LogP contribution is -2.16. The van der Waals surface area contributed by atoms with Crippen LogP contribution >= 0.6 is 0 Å². The summed E-state index contributed by atoms with van der Waals surface area (Å²) in [5.74, 6) is 0. The summed E-state index contributed by atoms with van der Waals surface area (Å²) in [6.45, 7) is 4.71. The number of hydrogen-bond donors (Lipinski definition) is 0. The molecular weight excluding hydrogens is 737 g/mol. The third-order valence-electron chi connectivity index (χ3n) is 13.1. The molecule has 12 rings (SSSR count). The van der Waals surface area contributed by atoms with Crippen LogP contribution in [0.5, 0.6) is 0 Å². The molecule has 1 aromatic heterocycles. The van der Waals surface area contributed by atoms with Crippen LogP contribution in [0.1, 0.15) is 36.1 Å². The van der Waals surface area contributed by atoms with Crippen molar-refractivity contribution in [2.24, 2.45) is 0 Å². The first kappa shape index (κ1) is 35.3. The van der Waals surface area contributed by atoms with Crippen molar-refractivity contribution in [3.8, 4) is 27.9 Å². The van der Waals surface area contributed by atoms with E-state index in [2.05, 4.69) is 242 Å². The van der Waals surface area contributed by atoms with Gasteiger partial charge >= 0.3 is 0 Å². The highest BCUT2D eigenvalue weighted by atomic mass is 15.1. The predicted octanol–water partition coefficient (Wildman–Crippen LogP) is 16.1. The molecular formula is C59H42N2. The molecule has 1 aliphatic rings. The van der Waals surface area contributed by atoms with Gasteiger partial charge in [-0.15, -0.1) is 0 Å². The van der Waals surface area contributed by atoms with Crippen molar-refractivity contribution in [3.05, 3.63) is 229 Å². The Morgan fingerprint density at radius 1 is 0.426 bits per heavy atom. The molecule has 0 unspecified atom stereocenters. The van der Waals surface area contributed by atoms with Crippen LogP contribution in [0.2, 0.25) is 0 Å². The molecule has 0 N–H and O–H groups in total. The van der Waals surface area contributed by atoms with Crippen molar-refractivity contribution >= 4 is 72.6 Å². The number of rotatable bonds is 7. The van der Waals surface area contributed by atoms with Gasteiger partial charge in [0.2, 0.25) is 0 Å². The van der Waals surface area contributed by atoms with E-state index in [0.29, 0.717) is 0 Å². The van der Waals surface area contributed by atoms with Gasteiger partial charge in [0, 0.05) is 38.6 Å². The van der Waals surface area contributed by atoms with Gasteiger partial charge in [-0.2, -0.15) is 0 Å². The summed E-state index contributed by atoms with van der Waals surface area (Å²) in [6, 6.07) is 75.7. The summed E-state index contributed by atoms with van der Waals surface area (Å²) < 4.78 is 2.41. The number of benzene rings is 10. The highest BCUT2D eigenvalue weighted by Crippen LogP contribution is 2.51. The zero-order valence-electron chi connectivity index (χ0n) is 34.2. The van der Waals surface area contributed by atoms with Crippen LogP contribution in [0.25, 0.3) is 83.4 Å². The van der Waals surface area contributed by atoms with E-state index in [4.69, 9.17) is 0 Å². The molecule has 61 heavy (non-hydrogen) atoms. The lowest BCUT2D eigenvalue weighted by Gasteiger charge is -2.29. The summed E-state index contributed by atoms with van der Waals surface area (Å²) >= 11 is 0. The van der Waals surface area contributed by atoms with E-state index in [1.54, 1.807) is 0 Å². The number of anilines is 3. The van der Waals surface area contributed by atoms with Crippen molar-refractivity contribution in [1.29, 1.82) is 0 Å². The molecule has 0 aliphatic heterocycles. The van der Waals surface area contributed by atoms with Crippen molar-refractivity contribution in [2.45, 2.75) is 19.3 Å². The molecule has 1 aliphatic carbocycles. The molecule has 1 heterocycles. The van der Waals surface area contributed by atoms with Gasteiger partial charge in [-0.05, 0) is 115 Å². The Morgan fingerprint density at radius 3 is 1.90 bits per heavy atom. The van der Waals surface area contributed by atoms with Crippen molar-refractivity contribution in [2.75, 3.05) is 4.90 Å². The highest BCUT2D eigenvalue weighted by Gasteiger charge is 2.35. The van der Waals surface area contributed by atoms with Gasteiger partial charge in [-0.1, -0.05) is 178 Å². The predicted molar refractivity (Wildman–Crippen MR) is 260 cm³/mol. The van der Waals surface area contributed by atoms with Gasteiger partial charge in [0.05, 0.1) is 16.7 Å². The molecule has 10 aromatic carbocycles. The molecule has 0 fully saturated rings. The van der Waals surface area contributed by atoms with Crippen LogP contribution in [-0.2, 0) is 5.41 Å². The van der Waals surface area contributed by atoms with E-state index in [0.717, 1.165) is 16.9 Å². The number of fused-ring (bicyclic) bond motifs is 4. The molecule has 0 saturated carbocycles. The topological polar surface area (TPSA) is 8.17 Å². The second kappa shape index (κ2) is 13.7. The SMILES string of the molecule is CC1(C)c2ccccc2-c2ccc(N(c3ccc(/C=C/c4ccc(-c5ccc6c7c5ccc5cccc(c57)n6-c5ccccc5)cc4)cc3)c3cccc4ccccc34)cc21. The van der Waals surface area contributed by atoms with E-state index < -0.39 is 0 Å². The molecule has 0 atom stereocenters. The number of aromatic nitrogens is 1. The highest BCUT2D eigenvalue weighted by molar-refractivity contribution is 6.26. The maximum atomic E-state index is 2.42. The molecule has 11 aromatic rings. The average molecular weight is 779 g/mol. The molecule has 0 saturated heterocycles. The minimum Gasteiger partial charge on any atom is -0.310 e. The Morgan fingerprint density at radius 2 is 1.07 bits per heavy atom. The zero-order chi connectivity index (χ0) is 40.7. The van der Waals surface area contributed by atoms with E-state index in [1.807, 2.05) is 0 Å². The quantitative estimate of drug-likeness (QED) is 0.116. The largest absolute Gasteiger partial charge is 0.310 e. The van der Waals surface area contributed by atoms with Crippen LogP contribution in [0, 0.1) is 0 Å². The van der Waals surface area contributed by atoms with Crippen molar-refractivity contribution in [1.82, 2.24) is 4.57 Å². The van der Waals surface area contributed by atoms with Gasteiger partial charge in [0.25, 0.3) is 0 Å². The fourth-order valence-electron chi connectivity index (χ4n) is 10.2. The number of para-hydroxylation sites is 1. The standard InChI is InChI=1S/C59H42N2/c1-59(2)52-19-9-8-18-49(52)50-35-33-46(38-53(50)59)60(54-20-10-13-41-12-6-7-17-48(41)54)45-31-26-40(27-32-45)23-22-39-24-28-42(29-25-39)47-36-37-56-58-51(47)34-30-43-14-11-21-55(57(43)58)61(56)44-15-4-3-5-16-44/h3-38H,1-2H3/b23-22+. The molecule has 0 spiro atoms. The maximum absolute atomic E-state index is 2.42. The van der Waals surface area contributed by atoms with E-state index in [1.165, 1.54) is 93.7 Å². The first-order valence-corrected chi connectivity index (χ1v) is 21.3. The third-order valence-corrected chi connectivity index (χ3v) is 13.1. The minimum absolute atomic E-state index is 0.0887.